The molecule has 1 N–H and O–H groups in total. The maximum atomic E-state index is 11.5. The summed E-state index contributed by atoms with van der Waals surface area (Å²) in [5, 5.41) is 0. The van der Waals surface area contributed by atoms with Gasteiger partial charge in [-0.15, -0.1) is 0 Å². The zero-order valence-corrected chi connectivity index (χ0v) is 9.74. The van der Waals surface area contributed by atoms with Crippen molar-refractivity contribution in [2.24, 2.45) is 0 Å². The summed E-state index contributed by atoms with van der Waals surface area (Å²) in [5.41, 5.74) is 1.85. The number of imidazole rings is 1. The molecule has 1 aromatic carbocycles. The number of nitrogens with zero attached hydrogens (tertiary/aromatic N) is 1. The lowest BCUT2D eigenvalue weighted by Crippen LogP contribution is -2.18. The number of aromatic nitrogens is 2. The van der Waals surface area contributed by atoms with Crippen LogP contribution >= 0.6 is 0 Å². The van der Waals surface area contributed by atoms with Crippen molar-refractivity contribution < 1.29 is 1.43 Å². The molecule has 0 amide bonds. The Morgan fingerprint density at radius 1 is 1.27 bits per heavy atom. The van der Waals surface area contributed by atoms with Crippen LogP contribution in [0.1, 0.15) is 35.2 Å². The van der Waals surface area contributed by atoms with Crippen LogP contribution in [0.5, 0.6) is 0 Å². The number of fused-ring (bicyclic) bond motifs is 1. The summed E-state index contributed by atoms with van der Waals surface area (Å²) in [5.74, 6) is 0. The van der Waals surface area contributed by atoms with E-state index in [1.807, 2.05) is 52.0 Å². The number of H-pyrrole nitrogens is 1. The van der Waals surface area contributed by atoms with Crippen LogP contribution in [0.3, 0.4) is 0 Å². The van der Waals surface area contributed by atoms with Crippen molar-refractivity contribution in [3.8, 4) is 0 Å². The Morgan fingerprint density at radius 2 is 1.87 bits per heavy atom. The fourth-order valence-electron chi connectivity index (χ4n) is 1.59. The van der Waals surface area contributed by atoms with Crippen LogP contribution in [-0.2, 0) is 0 Å². The summed E-state index contributed by atoms with van der Waals surface area (Å²) in [6, 6.07) is 7.92. The Balaban J connectivity index is 0.000000711. The SMILES string of the molecule is CC.CC(C)n1c(=O)[nH]c2ccccc21.[HH]. The van der Waals surface area contributed by atoms with E-state index in [0.717, 1.165) is 11.0 Å². The smallest absolute Gasteiger partial charge is 0.306 e. The van der Waals surface area contributed by atoms with E-state index in [0.29, 0.717) is 0 Å². The van der Waals surface area contributed by atoms with Gasteiger partial charge in [0.25, 0.3) is 0 Å². The Kier molecular flexibility index (Phi) is 3.72. The molecule has 0 aliphatic rings. The second-order valence-corrected chi connectivity index (χ2v) is 3.41. The van der Waals surface area contributed by atoms with Gasteiger partial charge in [0.05, 0.1) is 11.0 Å². The molecule has 0 saturated carbocycles. The van der Waals surface area contributed by atoms with Crippen molar-refractivity contribution in [3.05, 3.63) is 34.7 Å². The van der Waals surface area contributed by atoms with Crippen LogP contribution in [0.2, 0.25) is 0 Å². The fraction of sp³-hybridized carbons (Fsp3) is 0.417. The molecule has 0 spiro atoms. The van der Waals surface area contributed by atoms with E-state index in [1.165, 1.54) is 0 Å². The molecule has 0 saturated heterocycles. The monoisotopic (exact) mass is 208 g/mol. The minimum Gasteiger partial charge on any atom is -0.306 e. The summed E-state index contributed by atoms with van der Waals surface area (Å²) in [4.78, 5) is 14.3. The normalized spacial score (nSPS) is 10.2. The summed E-state index contributed by atoms with van der Waals surface area (Å²) in [6.45, 7) is 8.00. The molecule has 0 unspecified atom stereocenters. The van der Waals surface area contributed by atoms with E-state index in [9.17, 15) is 4.79 Å². The summed E-state index contributed by atoms with van der Waals surface area (Å²) in [7, 11) is 0. The van der Waals surface area contributed by atoms with E-state index < -0.39 is 0 Å². The number of nitrogens with one attached hydrogen (secondary N) is 1. The van der Waals surface area contributed by atoms with Gasteiger partial charge in [0.1, 0.15) is 0 Å². The van der Waals surface area contributed by atoms with Gasteiger partial charge in [0, 0.05) is 7.47 Å². The summed E-state index contributed by atoms with van der Waals surface area (Å²) < 4.78 is 1.76. The van der Waals surface area contributed by atoms with Gasteiger partial charge < -0.3 is 4.98 Å². The van der Waals surface area contributed by atoms with Crippen molar-refractivity contribution in [1.82, 2.24) is 9.55 Å². The molecule has 84 valence electrons. The van der Waals surface area contributed by atoms with Crippen LogP contribution < -0.4 is 5.69 Å². The molecule has 0 aliphatic carbocycles. The number of hydrogen-bond acceptors (Lipinski definition) is 1. The van der Waals surface area contributed by atoms with Crippen LogP contribution in [-0.4, -0.2) is 9.55 Å². The third-order valence-corrected chi connectivity index (χ3v) is 2.14. The van der Waals surface area contributed by atoms with Crippen molar-refractivity contribution in [3.63, 3.8) is 0 Å². The molecule has 3 nitrogen and oxygen atoms in total. The molecule has 0 bridgehead atoms. The fourth-order valence-corrected chi connectivity index (χ4v) is 1.59. The molecule has 15 heavy (non-hydrogen) atoms. The molecule has 3 heteroatoms. The highest BCUT2D eigenvalue weighted by Gasteiger charge is 2.07. The lowest BCUT2D eigenvalue weighted by molar-refractivity contribution is 0.598. The first kappa shape index (κ1) is 11.6. The Morgan fingerprint density at radius 3 is 2.47 bits per heavy atom. The second-order valence-electron chi connectivity index (χ2n) is 3.41. The molecular formula is C12H20N2O. The van der Waals surface area contributed by atoms with E-state index in [2.05, 4.69) is 4.98 Å². The lowest BCUT2D eigenvalue weighted by atomic mass is 10.3. The average Bonchev–Trinajstić information content (AvgIpc) is 2.56. The highest BCUT2D eigenvalue weighted by molar-refractivity contribution is 5.75. The molecular weight excluding hydrogens is 188 g/mol. The topological polar surface area (TPSA) is 37.8 Å². The van der Waals surface area contributed by atoms with Gasteiger partial charge in [-0.2, -0.15) is 0 Å². The lowest BCUT2D eigenvalue weighted by Gasteiger charge is -2.05. The first-order valence-electron chi connectivity index (χ1n) is 5.39. The van der Waals surface area contributed by atoms with Crippen molar-refractivity contribution in [2.75, 3.05) is 0 Å². The third kappa shape index (κ3) is 2.12. The Bertz CT molecular complexity index is 485. The minimum absolute atomic E-state index is 0. The first-order chi connectivity index (χ1) is 7.20. The van der Waals surface area contributed by atoms with Gasteiger partial charge >= 0.3 is 5.69 Å². The quantitative estimate of drug-likeness (QED) is 0.768. The van der Waals surface area contributed by atoms with Gasteiger partial charge in [-0.05, 0) is 26.0 Å². The van der Waals surface area contributed by atoms with Gasteiger partial charge in [-0.25, -0.2) is 4.79 Å². The highest BCUT2D eigenvalue weighted by atomic mass is 16.1. The number of aromatic amines is 1. The van der Waals surface area contributed by atoms with Gasteiger partial charge in [-0.1, -0.05) is 26.0 Å². The third-order valence-electron chi connectivity index (χ3n) is 2.14. The van der Waals surface area contributed by atoms with E-state index in [-0.39, 0.29) is 13.2 Å². The summed E-state index contributed by atoms with van der Waals surface area (Å²) >= 11 is 0. The largest absolute Gasteiger partial charge is 0.326 e. The molecule has 1 aromatic heterocycles. The van der Waals surface area contributed by atoms with Crippen LogP contribution in [0.25, 0.3) is 11.0 Å². The van der Waals surface area contributed by atoms with Gasteiger partial charge in [-0.3, -0.25) is 4.57 Å². The van der Waals surface area contributed by atoms with Crippen LogP contribution in [0, 0.1) is 0 Å². The molecule has 0 aliphatic heterocycles. The molecule has 0 atom stereocenters. The zero-order valence-electron chi connectivity index (χ0n) is 9.74. The van der Waals surface area contributed by atoms with Crippen molar-refractivity contribution >= 4 is 11.0 Å². The number of para-hydroxylation sites is 2. The Labute approximate surface area is 91.2 Å². The second kappa shape index (κ2) is 4.82. The molecule has 0 radical (unpaired) electrons. The number of hydrogen-bond donors (Lipinski definition) is 1. The summed E-state index contributed by atoms with van der Waals surface area (Å²) in [6.07, 6.45) is 0. The minimum atomic E-state index is -0.0313. The maximum Gasteiger partial charge on any atom is 0.326 e. The number of rotatable bonds is 1. The van der Waals surface area contributed by atoms with Gasteiger partial charge in [0.15, 0.2) is 0 Å². The van der Waals surface area contributed by atoms with E-state index in [1.54, 1.807) is 4.57 Å². The van der Waals surface area contributed by atoms with Crippen LogP contribution in [0.15, 0.2) is 29.1 Å². The average molecular weight is 208 g/mol. The van der Waals surface area contributed by atoms with E-state index >= 15 is 0 Å². The first-order valence-corrected chi connectivity index (χ1v) is 5.39. The van der Waals surface area contributed by atoms with E-state index in [4.69, 9.17) is 0 Å². The van der Waals surface area contributed by atoms with Crippen molar-refractivity contribution in [1.29, 1.82) is 0 Å². The zero-order chi connectivity index (χ0) is 11.4. The van der Waals surface area contributed by atoms with Gasteiger partial charge in [0.2, 0.25) is 0 Å². The maximum absolute atomic E-state index is 11.5. The molecule has 0 fully saturated rings. The standard InChI is InChI=1S/C10H12N2O.C2H6.H2/c1-7(2)12-9-6-4-3-5-8(9)11-10(12)13;1-2;/h3-7H,1-2H3,(H,11,13);1-2H3;1H. The number of benzene rings is 1. The molecule has 2 rings (SSSR count). The molecule has 1 heterocycles. The van der Waals surface area contributed by atoms with Crippen molar-refractivity contribution in [2.45, 2.75) is 33.7 Å². The highest BCUT2D eigenvalue weighted by Crippen LogP contribution is 2.13. The molecule has 2 aromatic rings. The Hall–Kier alpha value is -1.51. The predicted molar refractivity (Wildman–Crippen MR) is 66.4 cm³/mol. The van der Waals surface area contributed by atoms with Crippen LogP contribution in [0.4, 0.5) is 0 Å². The predicted octanol–water partition coefficient (Wildman–Crippen LogP) is 3.18.